The minimum atomic E-state index is 0.529. The Kier molecular flexibility index (Phi) is 4.56. The Morgan fingerprint density at radius 2 is 2.08 bits per heavy atom. The lowest BCUT2D eigenvalue weighted by Gasteiger charge is -2.26. The molecule has 4 heteroatoms. The predicted molar refractivity (Wildman–Crippen MR) is 95.4 cm³/mol. The van der Waals surface area contributed by atoms with E-state index in [4.69, 9.17) is 9.84 Å². The molecule has 1 aromatic carbocycles. The van der Waals surface area contributed by atoms with Crippen molar-refractivity contribution in [1.82, 2.24) is 15.1 Å². The summed E-state index contributed by atoms with van der Waals surface area (Å²) >= 11 is 0. The third-order valence-electron chi connectivity index (χ3n) is 5.59. The van der Waals surface area contributed by atoms with Crippen molar-refractivity contribution in [2.75, 3.05) is 7.11 Å². The van der Waals surface area contributed by atoms with Crippen LogP contribution in [0.3, 0.4) is 0 Å². The molecule has 1 N–H and O–H groups in total. The van der Waals surface area contributed by atoms with E-state index in [0.29, 0.717) is 12.1 Å². The highest BCUT2D eigenvalue weighted by Gasteiger charge is 2.21. The van der Waals surface area contributed by atoms with E-state index in [9.17, 15) is 0 Å². The molecule has 1 heterocycles. The molecule has 0 spiro atoms. The zero-order chi connectivity index (χ0) is 16.4. The first-order valence-corrected chi connectivity index (χ1v) is 9.25. The average Bonchev–Trinajstić information content (AvgIpc) is 3.30. The van der Waals surface area contributed by atoms with Gasteiger partial charge in [0.15, 0.2) is 0 Å². The molecule has 0 aliphatic heterocycles. The fraction of sp³-hybridized carbons (Fsp3) is 0.550. The lowest BCUT2D eigenvalue weighted by Crippen LogP contribution is -2.34. The van der Waals surface area contributed by atoms with Crippen LogP contribution < -0.4 is 10.1 Å². The molecule has 2 aliphatic rings. The SMILES string of the molecule is COc1cccc2c1CCC(NCc1ccn(C3CCCC3)n1)C2. The number of ether oxygens (including phenoxy) is 1. The second-order valence-corrected chi connectivity index (χ2v) is 7.14. The van der Waals surface area contributed by atoms with Gasteiger partial charge in [0, 0.05) is 18.8 Å². The molecule has 0 amide bonds. The van der Waals surface area contributed by atoms with Crippen LogP contribution in [0.2, 0.25) is 0 Å². The summed E-state index contributed by atoms with van der Waals surface area (Å²) in [6.07, 6.45) is 10.8. The van der Waals surface area contributed by atoms with Gasteiger partial charge in [0.05, 0.1) is 18.8 Å². The van der Waals surface area contributed by atoms with Crippen molar-refractivity contribution < 1.29 is 4.74 Å². The Morgan fingerprint density at radius 1 is 1.21 bits per heavy atom. The zero-order valence-corrected chi connectivity index (χ0v) is 14.5. The Bertz CT molecular complexity index is 688. The van der Waals surface area contributed by atoms with E-state index in [1.54, 1.807) is 7.11 Å². The normalized spacial score (nSPS) is 21.0. The summed E-state index contributed by atoms with van der Waals surface area (Å²) in [5.41, 5.74) is 3.98. The standard InChI is InChI=1S/C20H27N3O/c1-24-20-8-4-5-15-13-16(9-10-19(15)20)21-14-17-11-12-23(22-17)18-6-2-3-7-18/h4-5,8,11-12,16,18,21H,2-3,6-7,9-10,13-14H2,1H3. The number of nitrogens with zero attached hydrogens (tertiary/aromatic N) is 2. The molecule has 1 aromatic heterocycles. The van der Waals surface area contributed by atoms with Crippen LogP contribution in [-0.4, -0.2) is 22.9 Å². The number of fused-ring (bicyclic) bond motifs is 1. The van der Waals surface area contributed by atoms with Crippen LogP contribution in [0.4, 0.5) is 0 Å². The van der Waals surface area contributed by atoms with Crippen molar-refractivity contribution in [3.63, 3.8) is 0 Å². The number of nitrogens with one attached hydrogen (secondary N) is 1. The molecule has 4 nitrogen and oxygen atoms in total. The third kappa shape index (κ3) is 3.20. The van der Waals surface area contributed by atoms with Crippen molar-refractivity contribution in [2.24, 2.45) is 0 Å². The predicted octanol–water partition coefficient (Wildman–Crippen LogP) is 3.65. The monoisotopic (exact) mass is 325 g/mol. The number of aromatic nitrogens is 2. The molecular formula is C20H27N3O. The van der Waals surface area contributed by atoms with Gasteiger partial charge >= 0.3 is 0 Å². The van der Waals surface area contributed by atoms with Crippen LogP contribution in [0.15, 0.2) is 30.5 Å². The second-order valence-electron chi connectivity index (χ2n) is 7.14. The molecular weight excluding hydrogens is 298 g/mol. The molecule has 0 saturated heterocycles. The minimum Gasteiger partial charge on any atom is -0.496 e. The zero-order valence-electron chi connectivity index (χ0n) is 14.5. The molecule has 0 radical (unpaired) electrons. The van der Waals surface area contributed by atoms with Gasteiger partial charge < -0.3 is 10.1 Å². The van der Waals surface area contributed by atoms with Crippen LogP contribution in [0, 0.1) is 0 Å². The molecule has 128 valence electrons. The molecule has 1 saturated carbocycles. The van der Waals surface area contributed by atoms with Crippen molar-refractivity contribution in [3.05, 3.63) is 47.3 Å². The van der Waals surface area contributed by atoms with Gasteiger partial charge in [0.2, 0.25) is 0 Å². The highest BCUT2D eigenvalue weighted by Crippen LogP contribution is 2.30. The summed E-state index contributed by atoms with van der Waals surface area (Å²) in [5.74, 6) is 1.04. The van der Waals surface area contributed by atoms with Crippen LogP contribution in [-0.2, 0) is 19.4 Å². The molecule has 1 atom stereocenters. The Morgan fingerprint density at radius 3 is 2.92 bits per heavy atom. The van der Waals surface area contributed by atoms with Crippen LogP contribution >= 0.6 is 0 Å². The maximum Gasteiger partial charge on any atom is 0.122 e. The van der Waals surface area contributed by atoms with Crippen molar-refractivity contribution in [2.45, 2.75) is 63.6 Å². The molecule has 0 bridgehead atoms. The summed E-state index contributed by atoms with van der Waals surface area (Å²) in [6, 6.07) is 9.74. The van der Waals surface area contributed by atoms with Crippen LogP contribution in [0.25, 0.3) is 0 Å². The number of hydrogen-bond donors (Lipinski definition) is 1. The number of rotatable bonds is 5. The van der Waals surface area contributed by atoms with Gasteiger partial charge in [-0.15, -0.1) is 0 Å². The molecule has 4 rings (SSSR count). The van der Waals surface area contributed by atoms with E-state index in [0.717, 1.165) is 31.6 Å². The summed E-state index contributed by atoms with van der Waals surface area (Å²) in [7, 11) is 1.76. The summed E-state index contributed by atoms with van der Waals surface area (Å²) < 4.78 is 7.68. The lowest BCUT2D eigenvalue weighted by molar-refractivity contribution is 0.395. The van der Waals surface area contributed by atoms with E-state index in [-0.39, 0.29) is 0 Å². The molecule has 2 aliphatic carbocycles. The molecule has 2 aromatic rings. The average molecular weight is 325 g/mol. The van der Waals surface area contributed by atoms with Gasteiger partial charge in [-0.1, -0.05) is 25.0 Å². The Labute approximate surface area is 144 Å². The summed E-state index contributed by atoms with van der Waals surface area (Å²) in [5, 5.41) is 8.49. The Balaban J connectivity index is 1.35. The largest absolute Gasteiger partial charge is 0.496 e. The van der Waals surface area contributed by atoms with Crippen molar-refractivity contribution in [1.29, 1.82) is 0 Å². The topological polar surface area (TPSA) is 39.1 Å². The fourth-order valence-corrected chi connectivity index (χ4v) is 4.23. The van der Waals surface area contributed by atoms with Crippen molar-refractivity contribution in [3.8, 4) is 5.75 Å². The smallest absolute Gasteiger partial charge is 0.122 e. The van der Waals surface area contributed by atoms with Crippen LogP contribution in [0.5, 0.6) is 5.75 Å². The first-order chi connectivity index (χ1) is 11.8. The highest BCUT2D eigenvalue weighted by molar-refractivity contribution is 5.42. The van der Waals surface area contributed by atoms with E-state index < -0.39 is 0 Å². The van der Waals surface area contributed by atoms with E-state index >= 15 is 0 Å². The quantitative estimate of drug-likeness (QED) is 0.912. The number of hydrogen-bond acceptors (Lipinski definition) is 3. The first-order valence-electron chi connectivity index (χ1n) is 9.25. The molecule has 24 heavy (non-hydrogen) atoms. The van der Waals surface area contributed by atoms with Gasteiger partial charge in [0.1, 0.15) is 5.75 Å². The number of methoxy groups -OCH3 is 1. The maximum absolute atomic E-state index is 5.50. The minimum absolute atomic E-state index is 0.529. The van der Waals surface area contributed by atoms with Gasteiger partial charge in [-0.3, -0.25) is 4.68 Å². The van der Waals surface area contributed by atoms with Gasteiger partial charge in [-0.2, -0.15) is 5.10 Å². The Hall–Kier alpha value is -1.81. The van der Waals surface area contributed by atoms with Gasteiger partial charge in [-0.05, 0) is 55.4 Å². The summed E-state index contributed by atoms with van der Waals surface area (Å²) in [6.45, 7) is 0.865. The number of benzene rings is 1. The molecule has 1 unspecified atom stereocenters. The molecule has 1 fully saturated rings. The van der Waals surface area contributed by atoms with E-state index in [2.05, 4.69) is 40.5 Å². The first kappa shape index (κ1) is 15.7. The second kappa shape index (κ2) is 6.98. The fourth-order valence-electron chi connectivity index (χ4n) is 4.23. The maximum atomic E-state index is 5.50. The summed E-state index contributed by atoms with van der Waals surface area (Å²) in [4.78, 5) is 0. The van der Waals surface area contributed by atoms with Crippen LogP contribution in [0.1, 0.15) is 55.0 Å². The lowest BCUT2D eigenvalue weighted by atomic mass is 9.87. The van der Waals surface area contributed by atoms with Gasteiger partial charge in [-0.25, -0.2) is 0 Å². The van der Waals surface area contributed by atoms with E-state index in [1.165, 1.54) is 42.5 Å². The van der Waals surface area contributed by atoms with E-state index in [1.807, 2.05) is 0 Å². The van der Waals surface area contributed by atoms with Crippen molar-refractivity contribution >= 4 is 0 Å². The van der Waals surface area contributed by atoms with Gasteiger partial charge in [0.25, 0.3) is 0 Å². The third-order valence-corrected chi connectivity index (χ3v) is 5.59. The highest BCUT2D eigenvalue weighted by atomic mass is 16.5.